The highest BCUT2D eigenvalue weighted by Crippen LogP contribution is 2.38. The van der Waals surface area contributed by atoms with Crippen LogP contribution in [0.1, 0.15) is 21.5 Å². The van der Waals surface area contributed by atoms with Crippen molar-refractivity contribution in [3.63, 3.8) is 0 Å². The van der Waals surface area contributed by atoms with Gasteiger partial charge in [0.15, 0.2) is 0 Å². The van der Waals surface area contributed by atoms with Gasteiger partial charge in [0.2, 0.25) is 0 Å². The first-order valence-electron chi connectivity index (χ1n) is 4.26. The minimum atomic E-state index is -3.74. The lowest BCUT2D eigenvalue weighted by molar-refractivity contribution is 0.0566. The predicted molar refractivity (Wildman–Crippen MR) is 53.9 cm³/mol. The fraction of sp³-hybridized carbons (Fsp3) is 0.300. The third kappa shape index (κ3) is 2.41. The molecule has 1 rings (SSSR count). The number of carbonyl (C=O) groups excluding carboxylic acids is 1. The zero-order valence-corrected chi connectivity index (χ0v) is 9.31. The molecule has 1 aromatic carbocycles. The predicted octanol–water partition coefficient (Wildman–Crippen LogP) is 2.78. The SMILES string of the molecule is COC(=O)c1c(O)cc(C)cc1C(F)(F)Cl. The van der Waals surface area contributed by atoms with Gasteiger partial charge in [0, 0.05) is 0 Å². The molecule has 0 bridgehead atoms. The second-order valence-electron chi connectivity index (χ2n) is 3.20. The molecule has 0 aliphatic heterocycles. The van der Waals surface area contributed by atoms with Gasteiger partial charge in [0.25, 0.3) is 0 Å². The second-order valence-corrected chi connectivity index (χ2v) is 3.67. The number of alkyl halides is 3. The van der Waals surface area contributed by atoms with Crippen LogP contribution < -0.4 is 0 Å². The van der Waals surface area contributed by atoms with E-state index in [2.05, 4.69) is 4.74 Å². The number of phenolic OH excluding ortho intramolecular Hbond substituents is 1. The normalized spacial score (nSPS) is 11.3. The molecule has 1 N–H and O–H groups in total. The first kappa shape index (κ1) is 12.7. The maximum absolute atomic E-state index is 13.0. The second kappa shape index (κ2) is 4.25. The van der Waals surface area contributed by atoms with Crippen molar-refractivity contribution in [3.8, 4) is 5.75 Å². The molecule has 0 spiro atoms. The van der Waals surface area contributed by atoms with E-state index in [0.29, 0.717) is 5.56 Å². The summed E-state index contributed by atoms with van der Waals surface area (Å²) in [7, 11) is 1.03. The number of benzene rings is 1. The Labute approximate surface area is 95.6 Å². The lowest BCUT2D eigenvalue weighted by Crippen LogP contribution is -2.14. The Hall–Kier alpha value is -1.36. The summed E-state index contributed by atoms with van der Waals surface area (Å²) in [6.45, 7) is 1.49. The molecule has 0 saturated heterocycles. The summed E-state index contributed by atoms with van der Waals surface area (Å²) in [5.74, 6) is -1.64. The Kier molecular flexibility index (Phi) is 3.38. The Morgan fingerprint density at radius 3 is 2.50 bits per heavy atom. The quantitative estimate of drug-likeness (QED) is 0.648. The van der Waals surface area contributed by atoms with Crippen molar-refractivity contribution in [1.82, 2.24) is 0 Å². The Morgan fingerprint density at radius 1 is 1.50 bits per heavy atom. The Morgan fingerprint density at radius 2 is 2.06 bits per heavy atom. The van der Waals surface area contributed by atoms with Crippen molar-refractivity contribution in [1.29, 1.82) is 0 Å². The van der Waals surface area contributed by atoms with Crippen molar-refractivity contribution in [2.75, 3.05) is 7.11 Å². The fourth-order valence-electron chi connectivity index (χ4n) is 1.31. The van der Waals surface area contributed by atoms with Crippen LogP contribution in [0.4, 0.5) is 8.78 Å². The first-order valence-corrected chi connectivity index (χ1v) is 4.64. The average Bonchev–Trinajstić information content (AvgIpc) is 2.14. The Bertz CT molecular complexity index is 427. The molecule has 0 atom stereocenters. The number of carbonyl (C=O) groups is 1. The van der Waals surface area contributed by atoms with Crippen LogP contribution in [0.25, 0.3) is 0 Å². The van der Waals surface area contributed by atoms with Gasteiger partial charge in [0.1, 0.15) is 11.3 Å². The van der Waals surface area contributed by atoms with Crippen molar-refractivity contribution in [3.05, 3.63) is 28.8 Å². The lowest BCUT2D eigenvalue weighted by atomic mass is 10.0. The molecular weight excluding hydrogens is 242 g/mol. The van der Waals surface area contributed by atoms with Gasteiger partial charge in [0.05, 0.1) is 12.7 Å². The van der Waals surface area contributed by atoms with E-state index in [1.165, 1.54) is 13.0 Å². The van der Waals surface area contributed by atoms with E-state index in [1.54, 1.807) is 0 Å². The lowest BCUT2D eigenvalue weighted by Gasteiger charge is -2.14. The third-order valence-corrected chi connectivity index (χ3v) is 2.16. The van der Waals surface area contributed by atoms with Crippen LogP contribution >= 0.6 is 11.6 Å². The summed E-state index contributed by atoms with van der Waals surface area (Å²) in [4.78, 5) is 11.2. The minimum absolute atomic E-state index is 0.362. The number of halogens is 3. The van der Waals surface area contributed by atoms with E-state index in [0.717, 1.165) is 13.2 Å². The molecule has 0 aliphatic carbocycles. The molecule has 0 radical (unpaired) electrons. The molecule has 0 unspecified atom stereocenters. The molecule has 0 aromatic heterocycles. The number of phenols is 1. The van der Waals surface area contributed by atoms with Crippen LogP contribution in [-0.2, 0) is 10.1 Å². The topological polar surface area (TPSA) is 46.5 Å². The first-order chi connectivity index (χ1) is 7.27. The smallest absolute Gasteiger partial charge is 0.349 e. The molecule has 0 fully saturated rings. The highest BCUT2D eigenvalue weighted by molar-refractivity contribution is 6.22. The van der Waals surface area contributed by atoms with E-state index in [-0.39, 0.29) is 0 Å². The number of methoxy groups -OCH3 is 1. The monoisotopic (exact) mass is 250 g/mol. The van der Waals surface area contributed by atoms with Gasteiger partial charge in [-0.25, -0.2) is 4.79 Å². The number of aromatic hydroxyl groups is 1. The molecular formula is C10H9ClF2O3. The van der Waals surface area contributed by atoms with Gasteiger partial charge in [-0.05, 0) is 36.2 Å². The van der Waals surface area contributed by atoms with Crippen LogP contribution in [0.2, 0.25) is 0 Å². The van der Waals surface area contributed by atoms with Crippen LogP contribution in [-0.4, -0.2) is 18.2 Å². The van der Waals surface area contributed by atoms with Crippen molar-refractivity contribution in [2.24, 2.45) is 0 Å². The minimum Gasteiger partial charge on any atom is -0.507 e. The molecule has 0 amide bonds. The van der Waals surface area contributed by atoms with Crippen LogP contribution in [0.3, 0.4) is 0 Å². The maximum atomic E-state index is 13.0. The number of rotatable bonds is 2. The number of hydrogen-bond acceptors (Lipinski definition) is 3. The largest absolute Gasteiger partial charge is 0.507 e. The highest BCUT2D eigenvalue weighted by Gasteiger charge is 2.35. The maximum Gasteiger partial charge on any atom is 0.349 e. The van der Waals surface area contributed by atoms with Gasteiger partial charge in [-0.3, -0.25) is 0 Å². The zero-order valence-electron chi connectivity index (χ0n) is 8.55. The molecule has 0 heterocycles. The average molecular weight is 251 g/mol. The molecule has 0 aliphatic rings. The van der Waals surface area contributed by atoms with Gasteiger partial charge in [-0.2, -0.15) is 8.78 Å². The third-order valence-electron chi connectivity index (χ3n) is 1.96. The van der Waals surface area contributed by atoms with Gasteiger partial charge >= 0.3 is 11.4 Å². The van der Waals surface area contributed by atoms with Crippen molar-refractivity contribution in [2.45, 2.75) is 12.3 Å². The van der Waals surface area contributed by atoms with E-state index in [1.807, 2.05) is 0 Å². The fourth-order valence-corrected chi connectivity index (χ4v) is 1.46. The molecule has 6 heteroatoms. The number of ether oxygens (including phenoxy) is 1. The van der Waals surface area contributed by atoms with Gasteiger partial charge < -0.3 is 9.84 Å². The van der Waals surface area contributed by atoms with Gasteiger partial charge in [-0.15, -0.1) is 0 Å². The molecule has 3 nitrogen and oxygen atoms in total. The summed E-state index contributed by atoms with van der Waals surface area (Å²) >= 11 is 4.86. The van der Waals surface area contributed by atoms with Crippen LogP contribution in [0.15, 0.2) is 12.1 Å². The zero-order chi connectivity index (χ0) is 12.5. The molecule has 16 heavy (non-hydrogen) atoms. The van der Waals surface area contributed by atoms with E-state index in [4.69, 9.17) is 11.6 Å². The number of esters is 1. The van der Waals surface area contributed by atoms with Crippen LogP contribution in [0, 0.1) is 6.92 Å². The summed E-state index contributed by atoms with van der Waals surface area (Å²) in [6, 6.07) is 2.21. The molecule has 1 aromatic rings. The molecule has 0 saturated carbocycles. The van der Waals surface area contributed by atoms with E-state index >= 15 is 0 Å². The van der Waals surface area contributed by atoms with Gasteiger partial charge in [-0.1, -0.05) is 0 Å². The number of hydrogen-bond donors (Lipinski definition) is 1. The van der Waals surface area contributed by atoms with Crippen molar-refractivity contribution < 1.29 is 23.4 Å². The van der Waals surface area contributed by atoms with Crippen molar-refractivity contribution >= 4 is 17.6 Å². The number of aryl methyl sites for hydroxylation is 1. The summed E-state index contributed by atoms with van der Waals surface area (Å²) in [6.07, 6.45) is 0. The summed E-state index contributed by atoms with van der Waals surface area (Å²) in [5, 5.41) is 5.70. The summed E-state index contributed by atoms with van der Waals surface area (Å²) in [5.41, 5.74) is -1.02. The van der Waals surface area contributed by atoms with E-state index in [9.17, 15) is 18.7 Å². The Balaban J connectivity index is 3.51. The summed E-state index contributed by atoms with van der Waals surface area (Å²) < 4.78 is 30.3. The highest BCUT2D eigenvalue weighted by atomic mass is 35.5. The van der Waals surface area contributed by atoms with Crippen LogP contribution in [0.5, 0.6) is 5.75 Å². The molecule has 88 valence electrons. The standard InChI is InChI=1S/C10H9ClF2O3/c1-5-3-6(10(11,12)13)8(7(14)4-5)9(15)16-2/h3-4,14H,1-2H3. The van der Waals surface area contributed by atoms with E-state index < -0.39 is 28.2 Å².